The number of aromatic nitrogens is 1. The minimum atomic E-state index is -0.450. The van der Waals surface area contributed by atoms with E-state index < -0.39 is 6.04 Å². The van der Waals surface area contributed by atoms with Crippen LogP contribution in [-0.2, 0) is 16.0 Å². The smallest absolute Gasteiger partial charge is 0.246 e. The van der Waals surface area contributed by atoms with Gasteiger partial charge >= 0.3 is 0 Å². The maximum atomic E-state index is 13.6. The molecule has 0 aliphatic carbocycles. The topological polar surface area (TPSA) is 56.4 Å². The second-order valence-electron chi connectivity index (χ2n) is 9.77. The van der Waals surface area contributed by atoms with Crippen molar-refractivity contribution in [1.29, 1.82) is 0 Å². The quantitative estimate of drug-likeness (QED) is 0.535. The molecule has 2 aliphatic rings. The molecule has 1 fully saturated rings. The van der Waals surface area contributed by atoms with Gasteiger partial charge in [0.15, 0.2) is 0 Å². The standard InChI is InChI=1S/C28H33N3O2/c1-4-5-8-15-30-17-25(32)31-24(28(30)33)16-22-21-9-6-7-10-23(21)29-26(22)27(31)20-13-11-19(12-14-20)18(2)3/h6-7,9-14,18,24,27,29H,4-5,8,15-17H2,1-3H3/t24-,27?/m0/s1. The fourth-order valence-electron chi connectivity index (χ4n) is 5.47. The van der Waals surface area contributed by atoms with E-state index in [1.807, 2.05) is 17.0 Å². The van der Waals surface area contributed by atoms with E-state index in [0.717, 1.165) is 41.4 Å². The van der Waals surface area contributed by atoms with Gasteiger partial charge in [0.2, 0.25) is 11.8 Å². The molecule has 3 heterocycles. The van der Waals surface area contributed by atoms with Crippen molar-refractivity contribution in [3.63, 3.8) is 0 Å². The average molecular weight is 444 g/mol. The average Bonchev–Trinajstić information content (AvgIpc) is 3.19. The van der Waals surface area contributed by atoms with Gasteiger partial charge in [-0.05, 0) is 35.1 Å². The van der Waals surface area contributed by atoms with Crippen molar-refractivity contribution in [1.82, 2.24) is 14.8 Å². The van der Waals surface area contributed by atoms with E-state index in [4.69, 9.17) is 0 Å². The second kappa shape index (κ2) is 8.69. The summed E-state index contributed by atoms with van der Waals surface area (Å²) < 4.78 is 0. The summed E-state index contributed by atoms with van der Waals surface area (Å²) in [4.78, 5) is 34.4. The Kier molecular flexibility index (Phi) is 5.73. The van der Waals surface area contributed by atoms with Gasteiger partial charge in [-0.2, -0.15) is 0 Å². The third kappa shape index (κ3) is 3.73. The molecule has 0 bridgehead atoms. The molecule has 1 saturated heterocycles. The van der Waals surface area contributed by atoms with Crippen LogP contribution >= 0.6 is 0 Å². The first-order chi connectivity index (χ1) is 16.0. The van der Waals surface area contributed by atoms with Gasteiger partial charge in [0, 0.05) is 29.6 Å². The minimum absolute atomic E-state index is 0.0401. The van der Waals surface area contributed by atoms with Gasteiger partial charge in [0.05, 0.1) is 12.6 Å². The largest absolute Gasteiger partial charge is 0.356 e. The Bertz CT molecular complexity index is 1180. The van der Waals surface area contributed by atoms with Gasteiger partial charge in [0.25, 0.3) is 0 Å². The van der Waals surface area contributed by atoms with Crippen LogP contribution in [0.2, 0.25) is 0 Å². The van der Waals surface area contributed by atoms with Crippen LogP contribution in [0.15, 0.2) is 48.5 Å². The summed E-state index contributed by atoms with van der Waals surface area (Å²) in [5.74, 6) is 0.570. The molecule has 0 radical (unpaired) electrons. The number of nitrogens with one attached hydrogen (secondary N) is 1. The molecule has 5 rings (SSSR count). The molecule has 0 saturated carbocycles. The zero-order valence-corrected chi connectivity index (χ0v) is 19.8. The number of amides is 2. The third-order valence-electron chi connectivity index (χ3n) is 7.29. The summed E-state index contributed by atoms with van der Waals surface area (Å²) in [5.41, 5.74) is 5.60. The lowest BCUT2D eigenvalue weighted by Gasteiger charge is -2.47. The highest BCUT2D eigenvalue weighted by molar-refractivity contribution is 5.97. The summed E-state index contributed by atoms with van der Waals surface area (Å²) in [6.07, 6.45) is 3.68. The number of hydrogen-bond acceptors (Lipinski definition) is 2. The predicted octanol–water partition coefficient (Wildman–Crippen LogP) is 5.17. The fourth-order valence-corrected chi connectivity index (χ4v) is 5.47. The fraction of sp³-hybridized carbons (Fsp3) is 0.429. The molecule has 1 N–H and O–H groups in total. The third-order valence-corrected chi connectivity index (χ3v) is 7.29. The second-order valence-corrected chi connectivity index (χ2v) is 9.77. The van der Waals surface area contributed by atoms with Gasteiger partial charge in [0.1, 0.15) is 6.04 Å². The summed E-state index contributed by atoms with van der Waals surface area (Å²) in [6, 6.07) is 16.1. The number of piperazine rings is 1. The summed E-state index contributed by atoms with van der Waals surface area (Å²) in [6.45, 7) is 7.36. The monoisotopic (exact) mass is 443 g/mol. The van der Waals surface area contributed by atoms with Crippen molar-refractivity contribution in [2.45, 2.75) is 64.5 Å². The normalized spacial score (nSPS) is 20.5. The van der Waals surface area contributed by atoms with Crippen molar-refractivity contribution in [3.8, 4) is 0 Å². The Morgan fingerprint density at radius 2 is 1.79 bits per heavy atom. The molecule has 5 nitrogen and oxygen atoms in total. The van der Waals surface area contributed by atoms with E-state index in [0.29, 0.717) is 18.9 Å². The van der Waals surface area contributed by atoms with Crippen LogP contribution in [0.3, 0.4) is 0 Å². The molecule has 33 heavy (non-hydrogen) atoms. The molecular weight excluding hydrogens is 410 g/mol. The number of aromatic amines is 1. The van der Waals surface area contributed by atoms with Crippen molar-refractivity contribution < 1.29 is 9.59 Å². The predicted molar refractivity (Wildman–Crippen MR) is 131 cm³/mol. The van der Waals surface area contributed by atoms with E-state index in [1.54, 1.807) is 4.90 Å². The van der Waals surface area contributed by atoms with Crippen LogP contribution in [0.5, 0.6) is 0 Å². The number of benzene rings is 2. The summed E-state index contributed by atoms with van der Waals surface area (Å²) in [5, 5.41) is 1.15. The SMILES string of the molecule is CCCCCN1CC(=O)N2C(c3ccc(C(C)C)cc3)c3[nH]c4ccccc4c3C[C@H]2C1=O. The number of carbonyl (C=O) groups is 2. The number of nitrogens with zero attached hydrogens (tertiary/aromatic N) is 2. The van der Waals surface area contributed by atoms with Crippen molar-refractivity contribution in [2.24, 2.45) is 0 Å². The van der Waals surface area contributed by atoms with Gasteiger partial charge in [-0.1, -0.05) is 76.1 Å². The Morgan fingerprint density at radius 3 is 2.52 bits per heavy atom. The zero-order valence-electron chi connectivity index (χ0n) is 19.8. The number of rotatable bonds is 6. The van der Waals surface area contributed by atoms with Crippen molar-refractivity contribution in [3.05, 3.63) is 70.9 Å². The molecule has 1 aromatic heterocycles. The lowest BCUT2D eigenvalue weighted by Crippen LogP contribution is -2.63. The molecule has 3 aromatic rings. The number of carbonyl (C=O) groups excluding carboxylic acids is 2. The highest BCUT2D eigenvalue weighted by Gasteiger charge is 2.48. The van der Waals surface area contributed by atoms with Crippen molar-refractivity contribution in [2.75, 3.05) is 13.1 Å². The summed E-state index contributed by atoms with van der Waals surface area (Å²) >= 11 is 0. The highest BCUT2D eigenvalue weighted by Crippen LogP contribution is 2.42. The van der Waals surface area contributed by atoms with Gasteiger partial charge < -0.3 is 14.8 Å². The van der Waals surface area contributed by atoms with E-state index >= 15 is 0 Å². The first kappa shape index (κ1) is 21.7. The molecule has 172 valence electrons. The molecule has 5 heteroatoms. The molecule has 2 aliphatic heterocycles. The number of unbranched alkanes of at least 4 members (excludes halogenated alkanes) is 2. The van der Waals surface area contributed by atoms with E-state index in [2.05, 4.69) is 62.2 Å². The Hall–Kier alpha value is -3.08. The number of hydrogen-bond donors (Lipinski definition) is 1. The molecule has 2 atom stereocenters. The van der Waals surface area contributed by atoms with Gasteiger partial charge in [-0.15, -0.1) is 0 Å². The highest BCUT2D eigenvalue weighted by atomic mass is 16.2. The van der Waals surface area contributed by atoms with E-state index in [-0.39, 0.29) is 24.4 Å². The molecule has 2 amide bonds. The Balaban J connectivity index is 1.60. The molecular formula is C28H33N3O2. The molecule has 2 aromatic carbocycles. The Labute approximate surface area is 195 Å². The maximum absolute atomic E-state index is 13.6. The number of H-pyrrole nitrogens is 1. The number of fused-ring (bicyclic) bond motifs is 4. The lowest BCUT2D eigenvalue weighted by atomic mass is 9.85. The maximum Gasteiger partial charge on any atom is 0.246 e. The summed E-state index contributed by atoms with van der Waals surface area (Å²) in [7, 11) is 0. The van der Waals surface area contributed by atoms with E-state index in [9.17, 15) is 9.59 Å². The first-order valence-electron chi connectivity index (χ1n) is 12.3. The van der Waals surface area contributed by atoms with Crippen LogP contribution in [0.25, 0.3) is 10.9 Å². The minimum Gasteiger partial charge on any atom is -0.356 e. The van der Waals surface area contributed by atoms with Crippen LogP contribution in [0.1, 0.15) is 74.4 Å². The van der Waals surface area contributed by atoms with Gasteiger partial charge in [-0.25, -0.2) is 0 Å². The zero-order chi connectivity index (χ0) is 23.1. The van der Waals surface area contributed by atoms with Crippen molar-refractivity contribution >= 4 is 22.7 Å². The molecule has 0 spiro atoms. The molecule has 1 unspecified atom stereocenters. The van der Waals surface area contributed by atoms with Crippen LogP contribution in [-0.4, -0.2) is 45.7 Å². The first-order valence-corrected chi connectivity index (χ1v) is 12.3. The number of para-hydroxylation sites is 1. The van der Waals surface area contributed by atoms with Gasteiger partial charge in [-0.3, -0.25) is 9.59 Å². The lowest BCUT2D eigenvalue weighted by molar-refractivity contribution is -0.158. The van der Waals surface area contributed by atoms with Crippen LogP contribution < -0.4 is 0 Å². The van der Waals surface area contributed by atoms with Crippen LogP contribution in [0, 0.1) is 0 Å². The van der Waals surface area contributed by atoms with Crippen LogP contribution in [0.4, 0.5) is 0 Å². The Morgan fingerprint density at radius 1 is 1.03 bits per heavy atom. The van der Waals surface area contributed by atoms with E-state index in [1.165, 1.54) is 11.1 Å².